The van der Waals surface area contributed by atoms with E-state index < -0.39 is 0 Å². The van der Waals surface area contributed by atoms with Crippen molar-refractivity contribution in [3.63, 3.8) is 0 Å². The van der Waals surface area contributed by atoms with Gasteiger partial charge >= 0.3 is 0 Å². The van der Waals surface area contributed by atoms with Gasteiger partial charge in [0.05, 0.1) is 12.1 Å². The van der Waals surface area contributed by atoms with Crippen LogP contribution in [0.3, 0.4) is 0 Å². The van der Waals surface area contributed by atoms with Crippen molar-refractivity contribution in [3.8, 4) is 16.9 Å². The third-order valence-corrected chi connectivity index (χ3v) is 3.73. The Morgan fingerprint density at radius 2 is 1.47 bits per heavy atom. The first-order chi connectivity index (χ1) is 9.04. The topological polar surface area (TPSA) is 26.3 Å². The van der Waals surface area contributed by atoms with Crippen LogP contribution in [-0.4, -0.2) is 12.9 Å². The van der Waals surface area contributed by atoms with Crippen LogP contribution in [0.5, 0.6) is 5.75 Å². The van der Waals surface area contributed by atoms with Gasteiger partial charge in [0.15, 0.2) is 5.78 Å². The largest absolute Gasteiger partial charge is 0.495 e. The molecule has 0 unspecified atom stereocenters. The van der Waals surface area contributed by atoms with Crippen molar-refractivity contribution in [2.24, 2.45) is 0 Å². The number of carbonyl (C=O) groups is 1. The molecule has 2 aliphatic carbocycles. The molecule has 19 heavy (non-hydrogen) atoms. The van der Waals surface area contributed by atoms with Gasteiger partial charge in [0.1, 0.15) is 10.8 Å². The Balaban J connectivity index is 0.000000180. The third kappa shape index (κ3) is 2.75. The van der Waals surface area contributed by atoms with Crippen molar-refractivity contribution in [1.82, 2.24) is 0 Å². The number of carbonyl (C=O) groups excluding carboxylic acids is 1. The molecule has 0 atom stereocenters. The molecule has 2 nitrogen and oxygen atoms in total. The number of ketones is 1. The summed E-state index contributed by atoms with van der Waals surface area (Å²) < 4.78 is 4.93. The molecule has 0 aromatic heterocycles. The highest BCUT2D eigenvalue weighted by Gasteiger charge is 2.12. The molecule has 98 valence electrons. The van der Waals surface area contributed by atoms with Crippen molar-refractivity contribution in [2.75, 3.05) is 7.11 Å². The van der Waals surface area contributed by atoms with Crippen LogP contribution in [0.2, 0.25) is 10.0 Å². The van der Waals surface area contributed by atoms with E-state index in [2.05, 4.69) is 24.3 Å². The van der Waals surface area contributed by atoms with Crippen molar-refractivity contribution in [3.05, 3.63) is 52.0 Å². The smallest absolute Gasteiger partial charge is 0.161 e. The van der Waals surface area contributed by atoms with Gasteiger partial charge in [-0.3, -0.25) is 4.79 Å². The maximum Gasteiger partial charge on any atom is 0.161 e. The molecule has 0 amide bonds. The van der Waals surface area contributed by atoms with Gasteiger partial charge in [-0.2, -0.15) is 0 Å². The molecule has 0 aliphatic heterocycles. The first-order valence-electron chi connectivity index (χ1n) is 5.68. The monoisotopic (exact) mass is 294 g/mol. The molecular formula is C15H12Cl2O2. The number of halogens is 2. The SMILES string of the molecule is COc1ccc(C(C)=O)c(Cl)c1Cl.c1cc2ccc1-2. The quantitative estimate of drug-likeness (QED) is 0.630. The van der Waals surface area contributed by atoms with Crippen molar-refractivity contribution < 1.29 is 9.53 Å². The number of Topliss-reactive ketones (excluding diaryl/α,β-unsaturated/α-hetero) is 1. The first kappa shape index (κ1) is 13.9. The molecule has 0 spiro atoms. The molecule has 3 rings (SSSR count). The summed E-state index contributed by atoms with van der Waals surface area (Å²) in [5, 5.41) is 0.519. The van der Waals surface area contributed by atoms with Crippen LogP contribution in [-0.2, 0) is 0 Å². The number of hydrogen-bond acceptors (Lipinski definition) is 2. The second-order valence-corrected chi connectivity index (χ2v) is 4.83. The van der Waals surface area contributed by atoms with E-state index in [9.17, 15) is 4.79 Å². The lowest BCUT2D eigenvalue weighted by atomic mass is 9.95. The van der Waals surface area contributed by atoms with Crippen molar-refractivity contribution >= 4 is 29.0 Å². The summed E-state index contributed by atoms with van der Waals surface area (Å²) in [5.74, 6) is 0.353. The fraction of sp³-hybridized carbons (Fsp3) is 0.133. The zero-order valence-electron chi connectivity index (χ0n) is 10.5. The van der Waals surface area contributed by atoms with Crippen molar-refractivity contribution in [2.45, 2.75) is 6.92 Å². The van der Waals surface area contributed by atoms with E-state index in [1.54, 1.807) is 12.1 Å². The number of ether oxygens (including phenoxy) is 1. The Labute approximate surface area is 121 Å². The minimum absolute atomic E-state index is 0.116. The molecule has 4 heteroatoms. The zero-order valence-corrected chi connectivity index (χ0v) is 12.0. The molecule has 1 aromatic rings. The van der Waals surface area contributed by atoms with Crippen LogP contribution in [0.15, 0.2) is 36.4 Å². The lowest BCUT2D eigenvalue weighted by Gasteiger charge is -2.10. The molecule has 0 radical (unpaired) electrons. The van der Waals surface area contributed by atoms with E-state index in [0.717, 1.165) is 0 Å². The highest BCUT2D eigenvalue weighted by molar-refractivity contribution is 6.44. The first-order valence-corrected chi connectivity index (χ1v) is 6.43. The van der Waals surface area contributed by atoms with E-state index in [4.69, 9.17) is 27.9 Å². The highest BCUT2D eigenvalue weighted by Crippen LogP contribution is 2.34. The summed E-state index contributed by atoms with van der Waals surface area (Å²) in [4.78, 5) is 11.0. The molecule has 0 N–H and O–H groups in total. The van der Waals surface area contributed by atoms with Crippen LogP contribution in [0.4, 0.5) is 0 Å². The molecule has 2 aliphatic rings. The minimum Gasteiger partial charge on any atom is -0.495 e. The standard InChI is InChI=1S/C9H8Cl2O2.C6H4/c1-5(12)6-3-4-7(13-2)9(11)8(6)10;1-2-6-4-3-5(1)6/h3-4H,1-2H3;1-4H. The summed E-state index contributed by atoms with van der Waals surface area (Å²) in [6.45, 7) is 1.43. The molecular weight excluding hydrogens is 283 g/mol. The minimum atomic E-state index is -0.116. The highest BCUT2D eigenvalue weighted by atomic mass is 35.5. The fourth-order valence-corrected chi connectivity index (χ4v) is 2.16. The zero-order chi connectivity index (χ0) is 14.0. The summed E-state index contributed by atoms with van der Waals surface area (Å²) in [7, 11) is 1.49. The molecule has 0 heterocycles. The van der Waals surface area contributed by atoms with Crippen LogP contribution >= 0.6 is 23.2 Å². The number of benzene rings is 2. The number of fused-ring (bicyclic) bond motifs is 1. The van der Waals surface area contributed by atoms with E-state index in [0.29, 0.717) is 11.3 Å². The molecule has 0 saturated heterocycles. The van der Waals surface area contributed by atoms with Crippen LogP contribution in [0.1, 0.15) is 17.3 Å². The van der Waals surface area contributed by atoms with Gasteiger partial charge in [-0.25, -0.2) is 0 Å². The van der Waals surface area contributed by atoms with Gasteiger partial charge in [-0.05, 0) is 30.2 Å². The summed E-state index contributed by atoms with van der Waals surface area (Å²) in [6.07, 6.45) is 0. The summed E-state index contributed by atoms with van der Waals surface area (Å²) >= 11 is 11.7. The van der Waals surface area contributed by atoms with E-state index in [-0.39, 0.29) is 15.8 Å². The van der Waals surface area contributed by atoms with E-state index in [1.165, 1.54) is 25.2 Å². The van der Waals surface area contributed by atoms with E-state index >= 15 is 0 Å². The van der Waals surface area contributed by atoms with E-state index in [1.807, 2.05) is 0 Å². The Bertz CT molecular complexity index is 598. The number of rotatable bonds is 2. The van der Waals surface area contributed by atoms with Gasteiger partial charge in [0.25, 0.3) is 0 Å². The van der Waals surface area contributed by atoms with Gasteiger partial charge in [0, 0.05) is 5.56 Å². The summed E-state index contributed by atoms with van der Waals surface area (Å²) in [5.41, 5.74) is 3.26. The van der Waals surface area contributed by atoms with Gasteiger partial charge in [-0.15, -0.1) is 0 Å². The maximum absolute atomic E-state index is 11.0. The number of methoxy groups -OCH3 is 1. The van der Waals surface area contributed by atoms with Crippen LogP contribution in [0, 0.1) is 0 Å². The number of hydrogen-bond donors (Lipinski definition) is 0. The average Bonchev–Trinajstić information content (AvgIpc) is 2.37. The predicted octanol–water partition coefficient (Wildman–Crippen LogP) is 4.87. The molecule has 0 fully saturated rings. The Morgan fingerprint density at radius 3 is 1.79 bits per heavy atom. The maximum atomic E-state index is 11.0. The van der Waals surface area contributed by atoms with Gasteiger partial charge in [-0.1, -0.05) is 47.5 Å². The Hall–Kier alpha value is -1.51. The lowest BCUT2D eigenvalue weighted by Crippen LogP contribution is -1.95. The lowest BCUT2D eigenvalue weighted by molar-refractivity contribution is 0.101. The molecule has 0 bridgehead atoms. The Morgan fingerprint density at radius 1 is 0.947 bits per heavy atom. The normalized spacial score (nSPS) is 10.3. The predicted molar refractivity (Wildman–Crippen MR) is 78.5 cm³/mol. The fourth-order valence-electron chi connectivity index (χ4n) is 1.62. The second-order valence-electron chi connectivity index (χ2n) is 4.08. The van der Waals surface area contributed by atoms with Crippen LogP contribution < -0.4 is 4.74 Å². The second kappa shape index (κ2) is 5.64. The van der Waals surface area contributed by atoms with Gasteiger partial charge < -0.3 is 4.74 Å². The van der Waals surface area contributed by atoms with Crippen LogP contribution in [0.25, 0.3) is 11.1 Å². The van der Waals surface area contributed by atoms with Crippen molar-refractivity contribution in [1.29, 1.82) is 0 Å². The molecule has 0 saturated carbocycles. The third-order valence-electron chi connectivity index (χ3n) is 2.86. The molecule has 1 aromatic carbocycles. The summed E-state index contributed by atoms with van der Waals surface area (Å²) in [6, 6.07) is 11.7. The average molecular weight is 295 g/mol. The van der Waals surface area contributed by atoms with Gasteiger partial charge in [0.2, 0.25) is 0 Å². The Kier molecular flexibility index (Phi) is 4.13.